The molecule has 1 N–H and O–H groups in total. The lowest BCUT2D eigenvalue weighted by Crippen LogP contribution is -2.31. The molecular formula is C21H28FN3. The monoisotopic (exact) mass is 341 g/mol. The van der Waals surface area contributed by atoms with Gasteiger partial charge >= 0.3 is 0 Å². The molecule has 0 atom stereocenters. The Hall–Kier alpha value is -2.10. The highest BCUT2D eigenvalue weighted by Gasteiger charge is 2.17. The molecule has 4 heteroatoms. The largest absolute Gasteiger partial charge is 0.379 e. The van der Waals surface area contributed by atoms with Gasteiger partial charge in [0.1, 0.15) is 11.6 Å². The van der Waals surface area contributed by atoms with E-state index in [2.05, 4.69) is 36.2 Å². The number of nitrogens with one attached hydrogen (secondary N) is 1. The number of aryl methyl sites for hydroxylation is 2. The molecule has 0 radical (unpaired) electrons. The first kappa shape index (κ1) is 17.7. The molecule has 0 saturated carbocycles. The molecule has 0 spiro atoms. The maximum Gasteiger partial charge on any atom is 0.132 e. The van der Waals surface area contributed by atoms with E-state index < -0.39 is 0 Å². The van der Waals surface area contributed by atoms with Crippen molar-refractivity contribution in [2.24, 2.45) is 0 Å². The van der Waals surface area contributed by atoms with Gasteiger partial charge in [0, 0.05) is 18.8 Å². The zero-order valence-electron chi connectivity index (χ0n) is 15.3. The number of halogens is 1. The number of rotatable bonds is 7. The van der Waals surface area contributed by atoms with Crippen molar-refractivity contribution < 1.29 is 4.39 Å². The van der Waals surface area contributed by atoms with E-state index in [9.17, 15) is 4.39 Å². The van der Waals surface area contributed by atoms with Crippen molar-refractivity contribution >= 4 is 11.5 Å². The van der Waals surface area contributed by atoms with Crippen LogP contribution in [0.15, 0.2) is 30.3 Å². The van der Waals surface area contributed by atoms with E-state index >= 15 is 0 Å². The second-order valence-electron chi connectivity index (χ2n) is 6.79. The predicted molar refractivity (Wildman–Crippen MR) is 103 cm³/mol. The highest BCUT2D eigenvalue weighted by Crippen LogP contribution is 2.26. The average molecular weight is 341 g/mol. The fourth-order valence-corrected chi connectivity index (χ4v) is 3.46. The molecule has 0 saturated heterocycles. The van der Waals surface area contributed by atoms with Crippen LogP contribution in [0.3, 0.4) is 0 Å². The van der Waals surface area contributed by atoms with Gasteiger partial charge in [-0.3, -0.25) is 0 Å². The Morgan fingerprint density at radius 3 is 2.80 bits per heavy atom. The van der Waals surface area contributed by atoms with E-state index in [4.69, 9.17) is 4.98 Å². The molecule has 3 rings (SSSR count). The van der Waals surface area contributed by atoms with Crippen molar-refractivity contribution in [2.75, 3.05) is 23.3 Å². The van der Waals surface area contributed by atoms with Crippen molar-refractivity contribution in [1.29, 1.82) is 0 Å². The zero-order chi connectivity index (χ0) is 17.6. The summed E-state index contributed by atoms with van der Waals surface area (Å²) in [6.07, 6.45) is 5.19. The minimum Gasteiger partial charge on any atom is -0.379 e. The molecule has 2 heterocycles. The van der Waals surface area contributed by atoms with Gasteiger partial charge in [-0.2, -0.15) is 0 Å². The molecule has 3 nitrogen and oxygen atoms in total. The molecule has 1 aromatic heterocycles. The van der Waals surface area contributed by atoms with Crippen LogP contribution in [-0.4, -0.2) is 18.1 Å². The van der Waals surface area contributed by atoms with E-state index in [0.29, 0.717) is 6.54 Å². The van der Waals surface area contributed by atoms with E-state index in [1.54, 1.807) is 6.07 Å². The third-order valence-corrected chi connectivity index (χ3v) is 4.73. The number of pyridine rings is 1. The SMILES string of the molecule is CCCc1ccc(NCc2ccc3c(n2)N(CCC)CCC3)cc1F. The summed E-state index contributed by atoms with van der Waals surface area (Å²) in [5, 5.41) is 3.30. The van der Waals surface area contributed by atoms with Gasteiger partial charge < -0.3 is 10.2 Å². The Morgan fingerprint density at radius 2 is 2.04 bits per heavy atom. The fraction of sp³-hybridized carbons (Fsp3) is 0.476. The molecule has 1 aliphatic heterocycles. The summed E-state index contributed by atoms with van der Waals surface area (Å²) in [5.41, 5.74) is 3.94. The number of fused-ring (bicyclic) bond motifs is 1. The lowest BCUT2D eigenvalue weighted by Gasteiger charge is -2.30. The van der Waals surface area contributed by atoms with Crippen molar-refractivity contribution in [3.05, 3.63) is 53.0 Å². The summed E-state index contributed by atoms with van der Waals surface area (Å²) in [5.74, 6) is 1.01. The third kappa shape index (κ3) is 4.30. The minimum absolute atomic E-state index is 0.126. The first-order valence-electron chi connectivity index (χ1n) is 9.47. The lowest BCUT2D eigenvalue weighted by atomic mass is 10.0. The second-order valence-corrected chi connectivity index (χ2v) is 6.79. The molecular weight excluding hydrogens is 313 g/mol. The molecule has 0 aliphatic carbocycles. The van der Waals surface area contributed by atoms with Gasteiger partial charge in [0.05, 0.1) is 12.2 Å². The Labute approximate surface area is 150 Å². The minimum atomic E-state index is -0.126. The summed E-state index contributed by atoms with van der Waals surface area (Å²) in [6.45, 7) is 7.03. The van der Waals surface area contributed by atoms with E-state index in [1.807, 2.05) is 12.1 Å². The summed E-state index contributed by atoms with van der Waals surface area (Å²) >= 11 is 0. The summed E-state index contributed by atoms with van der Waals surface area (Å²) < 4.78 is 14.1. The van der Waals surface area contributed by atoms with Crippen LogP contribution < -0.4 is 10.2 Å². The van der Waals surface area contributed by atoms with Crippen LogP contribution >= 0.6 is 0 Å². The fourth-order valence-electron chi connectivity index (χ4n) is 3.46. The van der Waals surface area contributed by atoms with Crippen molar-refractivity contribution in [3.8, 4) is 0 Å². The first-order valence-corrected chi connectivity index (χ1v) is 9.47. The molecule has 0 unspecified atom stereocenters. The van der Waals surface area contributed by atoms with E-state index in [0.717, 1.165) is 61.5 Å². The number of aromatic nitrogens is 1. The zero-order valence-corrected chi connectivity index (χ0v) is 15.3. The highest BCUT2D eigenvalue weighted by molar-refractivity contribution is 5.51. The Bertz CT molecular complexity index is 714. The molecule has 1 aromatic carbocycles. The van der Waals surface area contributed by atoms with Gasteiger partial charge in [-0.25, -0.2) is 9.37 Å². The van der Waals surface area contributed by atoms with Gasteiger partial charge in [0.15, 0.2) is 0 Å². The maximum absolute atomic E-state index is 14.1. The number of anilines is 2. The number of hydrogen-bond acceptors (Lipinski definition) is 3. The Balaban J connectivity index is 1.69. The number of nitrogens with zero attached hydrogens (tertiary/aromatic N) is 2. The molecule has 1 aliphatic rings. The van der Waals surface area contributed by atoms with Crippen LogP contribution in [0.5, 0.6) is 0 Å². The van der Waals surface area contributed by atoms with Crippen molar-refractivity contribution in [3.63, 3.8) is 0 Å². The van der Waals surface area contributed by atoms with Crippen LogP contribution in [0.25, 0.3) is 0 Å². The first-order chi connectivity index (χ1) is 12.2. The van der Waals surface area contributed by atoms with Gasteiger partial charge in [-0.05, 0) is 55.0 Å². The van der Waals surface area contributed by atoms with Crippen LogP contribution in [0.1, 0.15) is 49.9 Å². The molecule has 0 bridgehead atoms. The van der Waals surface area contributed by atoms with Gasteiger partial charge in [-0.1, -0.05) is 32.4 Å². The van der Waals surface area contributed by atoms with Gasteiger partial charge in [0.2, 0.25) is 0 Å². The van der Waals surface area contributed by atoms with E-state index in [1.165, 1.54) is 12.0 Å². The number of hydrogen-bond donors (Lipinski definition) is 1. The molecule has 0 fully saturated rings. The topological polar surface area (TPSA) is 28.2 Å². The van der Waals surface area contributed by atoms with Gasteiger partial charge in [-0.15, -0.1) is 0 Å². The smallest absolute Gasteiger partial charge is 0.132 e. The predicted octanol–water partition coefficient (Wildman–Crippen LogP) is 4.95. The van der Waals surface area contributed by atoms with Crippen LogP contribution in [0.4, 0.5) is 15.9 Å². The standard InChI is InChI=1S/C21H28FN3/c1-3-6-16-8-10-18(14-20(16)22)23-15-19-11-9-17-7-5-13-25(12-4-2)21(17)24-19/h8-11,14,23H,3-7,12-13,15H2,1-2H3. The van der Waals surface area contributed by atoms with Crippen LogP contribution in [0.2, 0.25) is 0 Å². The molecule has 0 amide bonds. The molecule has 134 valence electrons. The summed E-state index contributed by atoms with van der Waals surface area (Å²) in [7, 11) is 0. The summed E-state index contributed by atoms with van der Waals surface area (Å²) in [4.78, 5) is 7.26. The maximum atomic E-state index is 14.1. The number of benzene rings is 1. The third-order valence-electron chi connectivity index (χ3n) is 4.73. The van der Waals surface area contributed by atoms with Gasteiger partial charge in [0.25, 0.3) is 0 Å². The summed E-state index contributed by atoms with van der Waals surface area (Å²) in [6, 6.07) is 9.71. The van der Waals surface area contributed by atoms with Crippen molar-refractivity contribution in [2.45, 2.75) is 52.5 Å². The normalized spacial score (nSPS) is 13.6. The van der Waals surface area contributed by atoms with Crippen LogP contribution in [0, 0.1) is 5.82 Å². The molecule has 25 heavy (non-hydrogen) atoms. The average Bonchev–Trinajstić information content (AvgIpc) is 2.63. The quantitative estimate of drug-likeness (QED) is 0.772. The van der Waals surface area contributed by atoms with Crippen LogP contribution in [-0.2, 0) is 19.4 Å². The second kappa shape index (κ2) is 8.32. The Kier molecular flexibility index (Phi) is 5.90. The molecule has 2 aromatic rings. The Morgan fingerprint density at radius 1 is 1.16 bits per heavy atom. The highest BCUT2D eigenvalue weighted by atomic mass is 19.1. The lowest BCUT2D eigenvalue weighted by molar-refractivity contribution is 0.608. The van der Waals surface area contributed by atoms with E-state index in [-0.39, 0.29) is 5.82 Å². The van der Waals surface area contributed by atoms with Crippen molar-refractivity contribution in [1.82, 2.24) is 4.98 Å².